The molecule has 1 heterocycles. The molecule has 56 valence electrons. The zero-order valence-corrected chi connectivity index (χ0v) is 7.38. The molecule has 0 bridgehead atoms. The van der Waals surface area contributed by atoms with Crippen molar-refractivity contribution >= 4 is 14.2 Å². The Morgan fingerprint density at radius 1 is 1.09 bits per heavy atom. The molecule has 0 radical (unpaired) electrons. The van der Waals surface area contributed by atoms with Crippen LogP contribution in [-0.2, 0) is 0 Å². The average Bonchev–Trinajstić information content (AvgIpc) is 2.58. The number of rotatable bonds is 1. The maximum Gasteiger partial charge on any atom is -0.0224 e. The molecule has 11 heavy (non-hydrogen) atoms. The van der Waals surface area contributed by atoms with Gasteiger partial charge in [0, 0.05) is 0 Å². The van der Waals surface area contributed by atoms with Crippen LogP contribution in [0.2, 0.25) is 0 Å². The minimum Gasteiger partial charge on any atom is -0.0977 e. The molecular weight excluding hydrogens is 151 g/mol. The van der Waals surface area contributed by atoms with Gasteiger partial charge in [-0.15, -0.1) is 0 Å². The first-order valence-corrected chi connectivity index (χ1v) is 5.23. The lowest BCUT2D eigenvalue weighted by Crippen LogP contribution is -1.79. The SMILES string of the molecule is C1=C(c2ccccc2)CCP1. The summed E-state index contributed by atoms with van der Waals surface area (Å²) in [5, 5.41) is 0. The minimum absolute atomic E-state index is 1.05. The molecule has 0 aromatic heterocycles. The van der Waals surface area contributed by atoms with Gasteiger partial charge in [-0.05, 0) is 23.7 Å². The molecule has 0 N–H and O–H groups in total. The largest absolute Gasteiger partial charge is 0.0977 e. The Kier molecular flexibility index (Phi) is 2.05. The third-order valence-electron chi connectivity index (χ3n) is 1.96. The first kappa shape index (κ1) is 7.06. The van der Waals surface area contributed by atoms with Crippen molar-refractivity contribution in [2.45, 2.75) is 6.42 Å². The number of hydrogen-bond acceptors (Lipinski definition) is 0. The Morgan fingerprint density at radius 2 is 1.91 bits per heavy atom. The smallest absolute Gasteiger partial charge is 0.0224 e. The van der Waals surface area contributed by atoms with Crippen LogP contribution in [0.3, 0.4) is 0 Å². The Hall–Kier alpha value is -0.610. The highest BCUT2D eigenvalue weighted by Gasteiger charge is 2.04. The summed E-state index contributed by atoms with van der Waals surface area (Å²) in [4.78, 5) is 0. The maximum absolute atomic E-state index is 2.38. The van der Waals surface area contributed by atoms with Gasteiger partial charge < -0.3 is 0 Å². The van der Waals surface area contributed by atoms with E-state index in [9.17, 15) is 0 Å². The summed E-state index contributed by atoms with van der Waals surface area (Å²) in [6, 6.07) is 10.7. The lowest BCUT2D eigenvalue weighted by Gasteiger charge is -1.98. The van der Waals surface area contributed by atoms with Crippen LogP contribution in [0.15, 0.2) is 36.1 Å². The fourth-order valence-corrected chi connectivity index (χ4v) is 2.47. The summed E-state index contributed by atoms with van der Waals surface area (Å²) in [5.41, 5.74) is 2.96. The van der Waals surface area contributed by atoms with Crippen LogP contribution < -0.4 is 0 Å². The van der Waals surface area contributed by atoms with Gasteiger partial charge in [-0.25, -0.2) is 0 Å². The molecule has 1 aliphatic heterocycles. The van der Waals surface area contributed by atoms with Crippen molar-refractivity contribution in [2.24, 2.45) is 0 Å². The summed E-state index contributed by atoms with van der Waals surface area (Å²) < 4.78 is 0. The molecule has 1 atom stereocenters. The van der Waals surface area contributed by atoms with Gasteiger partial charge in [-0.2, -0.15) is 0 Å². The summed E-state index contributed by atoms with van der Waals surface area (Å²) in [6.07, 6.45) is 2.65. The second-order valence-corrected chi connectivity index (χ2v) is 3.94. The van der Waals surface area contributed by atoms with Crippen LogP contribution in [0, 0.1) is 0 Å². The van der Waals surface area contributed by atoms with Gasteiger partial charge in [0.15, 0.2) is 0 Å². The number of hydrogen-bond donors (Lipinski definition) is 0. The van der Waals surface area contributed by atoms with Crippen molar-refractivity contribution in [3.8, 4) is 0 Å². The lowest BCUT2D eigenvalue weighted by atomic mass is 10.1. The molecule has 0 saturated carbocycles. The first-order chi connectivity index (χ1) is 5.47. The van der Waals surface area contributed by atoms with E-state index >= 15 is 0 Å². The highest BCUT2D eigenvalue weighted by molar-refractivity contribution is 7.42. The van der Waals surface area contributed by atoms with E-state index in [2.05, 4.69) is 36.1 Å². The van der Waals surface area contributed by atoms with E-state index in [1.807, 2.05) is 0 Å². The Balaban J connectivity index is 2.29. The van der Waals surface area contributed by atoms with E-state index in [1.165, 1.54) is 18.1 Å². The molecule has 1 aromatic rings. The predicted octanol–water partition coefficient (Wildman–Crippen LogP) is 3.11. The van der Waals surface area contributed by atoms with E-state index in [0.717, 1.165) is 8.58 Å². The van der Waals surface area contributed by atoms with Crippen molar-refractivity contribution in [3.05, 3.63) is 41.7 Å². The van der Waals surface area contributed by atoms with Gasteiger partial charge in [-0.1, -0.05) is 44.7 Å². The van der Waals surface area contributed by atoms with Crippen LogP contribution >= 0.6 is 8.58 Å². The van der Waals surface area contributed by atoms with Crippen LogP contribution in [0.25, 0.3) is 5.57 Å². The molecule has 0 amide bonds. The van der Waals surface area contributed by atoms with Crippen LogP contribution in [0.1, 0.15) is 12.0 Å². The van der Waals surface area contributed by atoms with Crippen LogP contribution in [0.4, 0.5) is 0 Å². The summed E-state index contributed by atoms with van der Waals surface area (Å²) in [7, 11) is 1.05. The summed E-state index contributed by atoms with van der Waals surface area (Å²) >= 11 is 0. The molecule has 1 unspecified atom stereocenters. The van der Waals surface area contributed by atoms with Gasteiger partial charge in [-0.3, -0.25) is 0 Å². The Bertz CT molecular complexity index is 261. The van der Waals surface area contributed by atoms with E-state index in [1.54, 1.807) is 5.57 Å². The summed E-state index contributed by atoms with van der Waals surface area (Å²) in [6.45, 7) is 0. The fourth-order valence-electron chi connectivity index (χ4n) is 1.35. The topological polar surface area (TPSA) is 0 Å². The zero-order valence-electron chi connectivity index (χ0n) is 6.38. The van der Waals surface area contributed by atoms with E-state index < -0.39 is 0 Å². The number of benzene rings is 1. The lowest BCUT2D eigenvalue weighted by molar-refractivity contribution is 1.28. The molecule has 0 nitrogen and oxygen atoms in total. The highest BCUT2D eigenvalue weighted by atomic mass is 31.1. The third-order valence-corrected chi connectivity index (χ3v) is 3.05. The normalized spacial score (nSPS) is 18.7. The molecule has 2 rings (SSSR count). The molecule has 1 aromatic carbocycles. The summed E-state index contributed by atoms with van der Waals surface area (Å²) in [5.74, 6) is 2.38. The van der Waals surface area contributed by atoms with E-state index in [-0.39, 0.29) is 0 Å². The Morgan fingerprint density at radius 3 is 2.55 bits per heavy atom. The standard InChI is InChI=1S/C10H11P/c1-2-4-9(5-3-1)10-6-7-11-8-10/h1-5,8,11H,6-7H2. The van der Waals surface area contributed by atoms with Gasteiger partial charge in [0.25, 0.3) is 0 Å². The molecule has 1 aliphatic rings. The van der Waals surface area contributed by atoms with Crippen LogP contribution in [-0.4, -0.2) is 6.16 Å². The number of allylic oxidation sites excluding steroid dienone is 1. The van der Waals surface area contributed by atoms with Gasteiger partial charge in [0.05, 0.1) is 0 Å². The average molecular weight is 162 g/mol. The fraction of sp³-hybridized carbons (Fsp3) is 0.200. The van der Waals surface area contributed by atoms with Crippen LogP contribution in [0.5, 0.6) is 0 Å². The second-order valence-electron chi connectivity index (χ2n) is 2.74. The van der Waals surface area contributed by atoms with Crippen molar-refractivity contribution in [3.63, 3.8) is 0 Å². The van der Waals surface area contributed by atoms with Gasteiger partial charge in [0.2, 0.25) is 0 Å². The second kappa shape index (κ2) is 3.19. The third kappa shape index (κ3) is 1.52. The molecule has 0 saturated heterocycles. The minimum atomic E-state index is 1.05. The zero-order chi connectivity index (χ0) is 7.52. The molecule has 0 fully saturated rings. The monoisotopic (exact) mass is 162 g/mol. The molecular formula is C10H11P. The quantitative estimate of drug-likeness (QED) is 0.556. The first-order valence-electron chi connectivity index (χ1n) is 3.95. The molecule has 0 spiro atoms. The van der Waals surface area contributed by atoms with Crippen molar-refractivity contribution in [1.29, 1.82) is 0 Å². The Labute approximate surface area is 69.1 Å². The van der Waals surface area contributed by atoms with Gasteiger partial charge in [0.1, 0.15) is 0 Å². The highest BCUT2D eigenvalue weighted by Crippen LogP contribution is 2.33. The van der Waals surface area contributed by atoms with E-state index in [0.29, 0.717) is 0 Å². The molecule has 1 heteroatoms. The van der Waals surface area contributed by atoms with Gasteiger partial charge >= 0.3 is 0 Å². The van der Waals surface area contributed by atoms with Crippen molar-refractivity contribution in [2.75, 3.05) is 6.16 Å². The predicted molar refractivity (Wildman–Crippen MR) is 52.2 cm³/mol. The van der Waals surface area contributed by atoms with Crippen molar-refractivity contribution < 1.29 is 0 Å². The van der Waals surface area contributed by atoms with E-state index in [4.69, 9.17) is 0 Å². The molecule has 0 aliphatic carbocycles. The van der Waals surface area contributed by atoms with Crippen molar-refractivity contribution in [1.82, 2.24) is 0 Å². The maximum atomic E-state index is 2.38.